The maximum absolute atomic E-state index is 11.8. The molecule has 8 nitrogen and oxygen atoms in total. The van der Waals surface area contributed by atoms with E-state index in [4.69, 9.17) is 18.7 Å². The van der Waals surface area contributed by atoms with Gasteiger partial charge >= 0.3 is 12.1 Å². The quantitative estimate of drug-likeness (QED) is 0.760. The van der Waals surface area contributed by atoms with Crippen molar-refractivity contribution in [3.63, 3.8) is 0 Å². The fourth-order valence-corrected chi connectivity index (χ4v) is 1.68. The highest BCUT2D eigenvalue weighted by Gasteiger charge is 2.26. The second-order valence-corrected chi connectivity index (χ2v) is 7.01. The van der Waals surface area contributed by atoms with E-state index in [2.05, 4.69) is 10.5 Å². The molecule has 0 radical (unpaired) electrons. The number of rotatable bonds is 7. The Kier molecular flexibility index (Phi) is 6.62. The Labute approximate surface area is 141 Å². The van der Waals surface area contributed by atoms with Crippen molar-refractivity contribution in [1.29, 1.82) is 0 Å². The molecule has 8 heteroatoms. The van der Waals surface area contributed by atoms with Gasteiger partial charge in [-0.15, -0.1) is 0 Å². The number of nitrogens with zero attached hydrogens (tertiary/aromatic N) is 1. The van der Waals surface area contributed by atoms with E-state index < -0.39 is 23.2 Å². The molecule has 0 spiro atoms. The van der Waals surface area contributed by atoms with Gasteiger partial charge in [0, 0.05) is 12.5 Å². The highest BCUT2D eigenvalue weighted by atomic mass is 16.6. The summed E-state index contributed by atoms with van der Waals surface area (Å²) in [5, 5.41) is 6.32. The third-order valence-electron chi connectivity index (χ3n) is 2.76. The fourth-order valence-electron chi connectivity index (χ4n) is 1.68. The van der Waals surface area contributed by atoms with E-state index >= 15 is 0 Å². The van der Waals surface area contributed by atoms with Gasteiger partial charge in [0.25, 0.3) is 5.88 Å². The third kappa shape index (κ3) is 7.85. The molecule has 1 rings (SSSR count). The standard InChI is InChI=1S/C16H26N2O6/c1-15(2,3)23-14(20)17-16(4,5)10-22-13(19)8-7-11-9-12(21-6)18-24-11/h9H,7-8,10H2,1-6H3,(H,17,20). The average Bonchev–Trinajstić information content (AvgIpc) is 2.88. The zero-order valence-electron chi connectivity index (χ0n) is 15.1. The van der Waals surface area contributed by atoms with E-state index in [-0.39, 0.29) is 13.0 Å². The van der Waals surface area contributed by atoms with Crippen LogP contribution in [0.15, 0.2) is 10.6 Å². The van der Waals surface area contributed by atoms with Gasteiger partial charge in [-0.3, -0.25) is 4.79 Å². The van der Waals surface area contributed by atoms with Crippen LogP contribution in [-0.4, -0.2) is 42.1 Å². The number of esters is 1. The minimum atomic E-state index is -0.743. The molecule has 1 heterocycles. The summed E-state index contributed by atoms with van der Waals surface area (Å²) in [5.74, 6) is 0.500. The Morgan fingerprint density at radius 3 is 2.46 bits per heavy atom. The maximum Gasteiger partial charge on any atom is 0.408 e. The number of hydrogen-bond acceptors (Lipinski definition) is 7. The first kappa shape index (κ1) is 19.8. The molecular weight excluding hydrogens is 316 g/mol. The minimum Gasteiger partial charge on any atom is -0.479 e. The van der Waals surface area contributed by atoms with Crippen molar-refractivity contribution in [2.24, 2.45) is 0 Å². The predicted octanol–water partition coefficient (Wildman–Crippen LogP) is 2.46. The van der Waals surface area contributed by atoms with Gasteiger partial charge in [0.2, 0.25) is 0 Å². The van der Waals surface area contributed by atoms with Gasteiger partial charge < -0.3 is 24.1 Å². The number of aryl methyl sites for hydroxylation is 1. The van der Waals surface area contributed by atoms with Crippen LogP contribution in [0.5, 0.6) is 5.88 Å². The highest BCUT2D eigenvalue weighted by molar-refractivity contribution is 5.70. The number of alkyl carbamates (subject to hydrolysis) is 1. The lowest BCUT2D eigenvalue weighted by Gasteiger charge is -2.28. The molecule has 0 aliphatic carbocycles. The number of hydrogen-bond donors (Lipinski definition) is 1. The van der Waals surface area contributed by atoms with E-state index in [0.717, 1.165) is 0 Å². The Morgan fingerprint density at radius 1 is 1.25 bits per heavy atom. The molecule has 1 aromatic heterocycles. The van der Waals surface area contributed by atoms with Gasteiger partial charge in [-0.1, -0.05) is 0 Å². The van der Waals surface area contributed by atoms with Gasteiger partial charge in [0.1, 0.15) is 18.0 Å². The zero-order valence-corrected chi connectivity index (χ0v) is 15.1. The molecule has 136 valence electrons. The zero-order chi connectivity index (χ0) is 18.4. The predicted molar refractivity (Wildman–Crippen MR) is 85.8 cm³/mol. The maximum atomic E-state index is 11.8. The van der Waals surface area contributed by atoms with Crippen LogP contribution >= 0.6 is 0 Å². The highest BCUT2D eigenvalue weighted by Crippen LogP contribution is 2.13. The first-order chi connectivity index (χ1) is 11.0. The van der Waals surface area contributed by atoms with Crippen LogP contribution in [0.3, 0.4) is 0 Å². The summed E-state index contributed by atoms with van der Waals surface area (Å²) in [6.07, 6.45) is -0.0620. The van der Waals surface area contributed by atoms with E-state index in [1.165, 1.54) is 7.11 Å². The molecule has 24 heavy (non-hydrogen) atoms. The van der Waals surface area contributed by atoms with E-state index in [1.54, 1.807) is 40.7 Å². The second kappa shape index (κ2) is 8.03. The number of amides is 1. The van der Waals surface area contributed by atoms with Crippen LogP contribution in [0.2, 0.25) is 0 Å². The molecule has 0 bridgehead atoms. The van der Waals surface area contributed by atoms with Gasteiger partial charge in [0.15, 0.2) is 0 Å². The van der Waals surface area contributed by atoms with Crippen LogP contribution in [0, 0.1) is 0 Å². The van der Waals surface area contributed by atoms with Gasteiger partial charge in [-0.25, -0.2) is 4.79 Å². The topological polar surface area (TPSA) is 99.9 Å². The Hall–Kier alpha value is -2.25. The molecule has 0 aliphatic rings. The first-order valence-electron chi connectivity index (χ1n) is 7.67. The van der Waals surface area contributed by atoms with Crippen molar-refractivity contribution in [3.05, 3.63) is 11.8 Å². The second-order valence-electron chi connectivity index (χ2n) is 7.01. The molecule has 0 unspecified atom stereocenters. The minimum absolute atomic E-state index is 0.0325. The number of aromatic nitrogens is 1. The molecule has 0 aromatic carbocycles. The van der Waals surface area contributed by atoms with E-state index in [0.29, 0.717) is 18.1 Å². The Bertz CT molecular complexity index is 559. The molecule has 0 saturated heterocycles. The molecule has 1 N–H and O–H groups in total. The lowest BCUT2D eigenvalue weighted by Crippen LogP contribution is -2.49. The van der Waals surface area contributed by atoms with Crippen molar-refractivity contribution < 1.29 is 28.3 Å². The SMILES string of the molecule is COc1cc(CCC(=O)OCC(C)(C)NC(=O)OC(C)(C)C)on1. The number of carbonyl (C=O) groups is 2. The van der Waals surface area contributed by atoms with Crippen LogP contribution in [0.4, 0.5) is 4.79 Å². The molecule has 0 saturated carbocycles. The third-order valence-corrected chi connectivity index (χ3v) is 2.76. The molecule has 1 amide bonds. The monoisotopic (exact) mass is 342 g/mol. The summed E-state index contributed by atoms with van der Waals surface area (Å²) in [4.78, 5) is 23.5. The number of methoxy groups -OCH3 is 1. The first-order valence-corrected chi connectivity index (χ1v) is 7.67. The largest absolute Gasteiger partial charge is 0.479 e. The molecule has 0 aliphatic heterocycles. The van der Waals surface area contributed by atoms with Gasteiger partial charge in [-0.05, 0) is 39.8 Å². The Morgan fingerprint density at radius 2 is 1.92 bits per heavy atom. The summed E-state index contributed by atoms with van der Waals surface area (Å²) in [5.41, 5.74) is -1.33. The summed E-state index contributed by atoms with van der Waals surface area (Å²) >= 11 is 0. The van der Waals surface area contributed by atoms with Crippen LogP contribution in [-0.2, 0) is 20.7 Å². The number of carbonyl (C=O) groups excluding carboxylic acids is 2. The van der Waals surface area contributed by atoms with Crippen LogP contribution < -0.4 is 10.1 Å². The smallest absolute Gasteiger partial charge is 0.408 e. The van der Waals surface area contributed by atoms with Gasteiger partial charge in [-0.2, -0.15) is 0 Å². The summed E-state index contributed by atoms with van der Waals surface area (Å²) < 4.78 is 20.3. The Balaban J connectivity index is 2.34. The molecular formula is C16H26N2O6. The lowest BCUT2D eigenvalue weighted by molar-refractivity contribution is -0.145. The summed E-state index contributed by atoms with van der Waals surface area (Å²) in [6.45, 7) is 8.84. The molecule has 1 aromatic rings. The van der Waals surface area contributed by atoms with Crippen molar-refractivity contribution in [1.82, 2.24) is 10.5 Å². The summed E-state index contributed by atoms with van der Waals surface area (Å²) in [6, 6.07) is 1.61. The number of ether oxygens (including phenoxy) is 3. The fraction of sp³-hybridized carbons (Fsp3) is 0.688. The average molecular weight is 342 g/mol. The van der Waals surface area contributed by atoms with Gasteiger partial charge in [0.05, 0.1) is 19.1 Å². The summed E-state index contributed by atoms with van der Waals surface area (Å²) in [7, 11) is 1.48. The van der Waals surface area contributed by atoms with Crippen molar-refractivity contribution in [2.45, 2.75) is 58.6 Å². The van der Waals surface area contributed by atoms with E-state index in [9.17, 15) is 9.59 Å². The molecule has 0 fully saturated rings. The van der Waals surface area contributed by atoms with Crippen molar-refractivity contribution >= 4 is 12.1 Å². The van der Waals surface area contributed by atoms with Crippen molar-refractivity contribution in [2.75, 3.05) is 13.7 Å². The number of nitrogens with one attached hydrogen (secondary N) is 1. The molecule has 0 atom stereocenters. The van der Waals surface area contributed by atoms with Crippen LogP contribution in [0.25, 0.3) is 0 Å². The van der Waals surface area contributed by atoms with E-state index in [1.807, 2.05) is 0 Å². The lowest BCUT2D eigenvalue weighted by atomic mass is 10.1. The normalized spacial score (nSPS) is 11.8. The van der Waals surface area contributed by atoms with Crippen molar-refractivity contribution in [3.8, 4) is 5.88 Å². The van der Waals surface area contributed by atoms with Crippen LogP contribution in [0.1, 0.15) is 46.8 Å².